The lowest BCUT2D eigenvalue weighted by molar-refractivity contribution is -0.114. The van der Waals surface area contributed by atoms with Gasteiger partial charge in [-0.25, -0.2) is 13.8 Å². The van der Waals surface area contributed by atoms with Crippen molar-refractivity contribution in [3.05, 3.63) is 65.7 Å². The summed E-state index contributed by atoms with van der Waals surface area (Å²) in [6, 6.07) is 12.1. The number of carbonyl (C=O) groups excluding carboxylic acids is 1. The summed E-state index contributed by atoms with van der Waals surface area (Å²) in [5.41, 5.74) is 1.26. The van der Waals surface area contributed by atoms with Crippen molar-refractivity contribution in [3.63, 3.8) is 0 Å². The maximum absolute atomic E-state index is 13.2. The van der Waals surface area contributed by atoms with Gasteiger partial charge in [-0.1, -0.05) is 18.2 Å². The van der Waals surface area contributed by atoms with Crippen molar-refractivity contribution in [2.24, 2.45) is 4.99 Å². The van der Waals surface area contributed by atoms with E-state index in [9.17, 15) is 13.6 Å². The molecule has 0 aliphatic rings. The van der Waals surface area contributed by atoms with Gasteiger partial charge in [0.25, 0.3) is 0 Å². The van der Waals surface area contributed by atoms with E-state index >= 15 is 0 Å². The van der Waals surface area contributed by atoms with E-state index in [1.54, 1.807) is 12.1 Å². The maximum Gasteiger partial charge on any atom is 0.246 e. The van der Waals surface area contributed by atoms with E-state index < -0.39 is 5.82 Å². The molecule has 0 bridgehead atoms. The molecule has 0 aromatic heterocycles. The molecule has 138 valence electrons. The maximum atomic E-state index is 13.2. The number of hydrogen-bond acceptors (Lipinski definition) is 2. The molecule has 2 rings (SSSR count). The molecule has 2 aromatic carbocycles. The monoisotopic (exact) mass is 360 g/mol. The van der Waals surface area contributed by atoms with E-state index in [0.717, 1.165) is 5.56 Å². The fourth-order valence-electron chi connectivity index (χ4n) is 2.28. The Hall–Kier alpha value is -2.96. The molecule has 0 saturated heterocycles. The van der Waals surface area contributed by atoms with Gasteiger partial charge in [0, 0.05) is 18.8 Å². The molecule has 7 heteroatoms. The standard InChI is InChI=1S/C19H22F2N4O/c1-2-22-19(23-10-9-14-5-3-6-15(20)11-14)24-13-18(26)25-17-8-4-7-16(21)12-17/h3-8,11-12H,2,9-10,13H2,1H3,(H,25,26)(H2,22,23,24). The second kappa shape index (κ2) is 10.1. The van der Waals surface area contributed by atoms with Crippen LogP contribution in [0.1, 0.15) is 12.5 Å². The van der Waals surface area contributed by atoms with Crippen molar-refractivity contribution in [1.82, 2.24) is 10.6 Å². The average Bonchev–Trinajstić information content (AvgIpc) is 2.60. The largest absolute Gasteiger partial charge is 0.357 e. The highest BCUT2D eigenvalue weighted by atomic mass is 19.1. The number of amides is 1. The van der Waals surface area contributed by atoms with Crippen molar-refractivity contribution >= 4 is 17.6 Å². The van der Waals surface area contributed by atoms with Crippen molar-refractivity contribution < 1.29 is 13.6 Å². The van der Waals surface area contributed by atoms with Crippen molar-refractivity contribution in [1.29, 1.82) is 0 Å². The van der Waals surface area contributed by atoms with E-state index in [1.807, 2.05) is 13.0 Å². The van der Waals surface area contributed by atoms with E-state index in [2.05, 4.69) is 20.9 Å². The fraction of sp³-hybridized carbons (Fsp3) is 0.263. The number of rotatable bonds is 7. The molecule has 0 aliphatic carbocycles. The molecule has 2 aromatic rings. The van der Waals surface area contributed by atoms with Crippen LogP contribution in [0.2, 0.25) is 0 Å². The van der Waals surface area contributed by atoms with E-state index in [1.165, 1.54) is 30.3 Å². The summed E-state index contributed by atoms with van der Waals surface area (Å²) in [5.74, 6) is -0.549. The first-order chi connectivity index (χ1) is 12.6. The molecule has 5 nitrogen and oxygen atoms in total. The fourth-order valence-corrected chi connectivity index (χ4v) is 2.28. The summed E-state index contributed by atoms with van der Waals surface area (Å²) in [7, 11) is 0. The molecule has 0 unspecified atom stereocenters. The van der Waals surface area contributed by atoms with E-state index in [-0.39, 0.29) is 18.3 Å². The predicted molar refractivity (Wildman–Crippen MR) is 99.1 cm³/mol. The number of benzene rings is 2. The first kappa shape index (κ1) is 19.4. The third kappa shape index (κ3) is 6.88. The number of nitrogens with zero attached hydrogens (tertiary/aromatic N) is 1. The minimum atomic E-state index is -0.418. The minimum Gasteiger partial charge on any atom is -0.357 e. The number of carbonyl (C=O) groups is 1. The number of anilines is 1. The third-order valence-electron chi connectivity index (χ3n) is 3.43. The highest BCUT2D eigenvalue weighted by Gasteiger charge is 2.04. The molecule has 0 fully saturated rings. The highest BCUT2D eigenvalue weighted by Crippen LogP contribution is 2.08. The van der Waals surface area contributed by atoms with Crippen LogP contribution in [0.15, 0.2) is 53.5 Å². The van der Waals surface area contributed by atoms with Crippen LogP contribution in [0.5, 0.6) is 0 Å². The Morgan fingerprint density at radius 3 is 2.46 bits per heavy atom. The predicted octanol–water partition coefficient (Wildman–Crippen LogP) is 2.70. The summed E-state index contributed by atoms with van der Waals surface area (Å²) in [6.07, 6.45) is 0.623. The first-order valence-electron chi connectivity index (χ1n) is 8.39. The van der Waals surface area contributed by atoms with Crippen LogP contribution in [0.3, 0.4) is 0 Å². The van der Waals surface area contributed by atoms with Gasteiger partial charge in [-0.05, 0) is 49.2 Å². The van der Waals surface area contributed by atoms with Crippen LogP contribution in [-0.4, -0.2) is 31.5 Å². The van der Waals surface area contributed by atoms with Crippen LogP contribution >= 0.6 is 0 Å². The molecule has 26 heavy (non-hydrogen) atoms. The second-order valence-corrected chi connectivity index (χ2v) is 5.56. The smallest absolute Gasteiger partial charge is 0.246 e. The Morgan fingerprint density at radius 2 is 1.77 bits per heavy atom. The van der Waals surface area contributed by atoms with Gasteiger partial charge < -0.3 is 16.0 Å². The average molecular weight is 360 g/mol. The third-order valence-corrected chi connectivity index (χ3v) is 3.43. The molecule has 0 radical (unpaired) electrons. The normalized spacial score (nSPS) is 11.1. The molecule has 0 heterocycles. The number of nitrogens with one attached hydrogen (secondary N) is 3. The van der Waals surface area contributed by atoms with Crippen molar-refractivity contribution in [2.75, 3.05) is 25.0 Å². The first-order valence-corrected chi connectivity index (χ1v) is 8.39. The minimum absolute atomic E-state index is 0.105. The second-order valence-electron chi connectivity index (χ2n) is 5.56. The quantitative estimate of drug-likeness (QED) is 0.525. The number of aliphatic imine (C=N–C) groups is 1. The zero-order chi connectivity index (χ0) is 18.8. The topological polar surface area (TPSA) is 65.5 Å². The van der Waals surface area contributed by atoms with Crippen LogP contribution in [-0.2, 0) is 11.2 Å². The summed E-state index contributed by atoms with van der Waals surface area (Å²) in [5, 5.41) is 8.71. The number of halogens is 2. The Balaban J connectivity index is 1.84. The van der Waals surface area contributed by atoms with E-state index in [0.29, 0.717) is 31.2 Å². The lowest BCUT2D eigenvalue weighted by atomic mass is 10.1. The van der Waals surface area contributed by atoms with Crippen molar-refractivity contribution in [3.8, 4) is 0 Å². The molecular weight excluding hydrogens is 338 g/mol. The van der Waals surface area contributed by atoms with Gasteiger partial charge in [0.2, 0.25) is 5.91 Å². The SMILES string of the molecule is CCNC(=NCC(=O)Nc1cccc(F)c1)NCCc1cccc(F)c1. The van der Waals surface area contributed by atoms with Crippen LogP contribution < -0.4 is 16.0 Å². The molecule has 0 saturated carbocycles. The Morgan fingerprint density at radius 1 is 1.04 bits per heavy atom. The molecular formula is C19H22F2N4O. The number of guanidine groups is 1. The Labute approximate surface area is 151 Å². The van der Waals surface area contributed by atoms with Crippen molar-refractivity contribution in [2.45, 2.75) is 13.3 Å². The molecule has 0 atom stereocenters. The van der Waals surface area contributed by atoms with Gasteiger partial charge in [-0.3, -0.25) is 4.79 Å². The van der Waals surface area contributed by atoms with Gasteiger partial charge in [0.05, 0.1) is 0 Å². The Kier molecular flexibility index (Phi) is 7.54. The molecule has 0 spiro atoms. The van der Waals surface area contributed by atoms with Crippen LogP contribution in [0.25, 0.3) is 0 Å². The molecule has 1 amide bonds. The lowest BCUT2D eigenvalue weighted by Crippen LogP contribution is -2.39. The zero-order valence-corrected chi connectivity index (χ0v) is 14.6. The van der Waals surface area contributed by atoms with Gasteiger partial charge in [-0.2, -0.15) is 0 Å². The summed E-state index contributed by atoms with van der Waals surface area (Å²) in [4.78, 5) is 16.1. The van der Waals surface area contributed by atoms with Gasteiger partial charge in [0.1, 0.15) is 18.2 Å². The van der Waals surface area contributed by atoms with Gasteiger partial charge >= 0.3 is 0 Å². The number of hydrogen-bond donors (Lipinski definition) is 3. The highest BCUT2D eigenvalue weighted by molar-refractivity contribution is 5.94. The van der Waals surface area contributed by atoms with E-state index in [4.69, 9.17) is 0 Å². The van der Waals surface area contributed by atoms with Gasteiger partial charge in [-0.15, -0.1) is 0 Å². The van der Waals surface area contributed by atoms with Crippen LogP contribution in [0, 0.1) is 11.6 Å². The lowest BCUT2D eigenvalue weighted by Gasteiger charge is -2.11. The van der Waals surface area contributed by atoms with Crippen LogP contribution in [0.4, 0.5) is 14.5 Å². The molecule has 3 N–H and O–H groups in total. The zero-order valence-electron chi connectivity index (χ0n) is 14.6. The summed E-state index contributed by atoms with van der Waals surface area (Å²) >= 11 is 0. The Bertz CT molecular complexity index is 765. The van der Waals surface area contributed by atoms with Gasteiger partial charge in [0.15, 0.2) is 5.96 Å². The summed E-state index contributed by atoms with van der Waals surface area (Å²) < 4.78 is 26.3. The molecule has 0 aliphatic heterocycles. The summed E-state index contributed by atoms with van der Waals surface area (Å²) in [6.45, 7) is 2.99.